The molecule has 0 aromatic carbocycles. The fraction of sp³-hybridized carbons (Fsp3) is 0.571. The summed E-state index contributed by atoms with van der Waals surface area (Å²) in [6.07, 6.45) is 3.86. The van der Waals surface area contributed by atoms with E-state index in [1.54, 1.807) is 4.73 Å². The molecule has 0 unspecified atom stereocenters. The molecule has 0 bridgehead atoms. The van der Waals surface area contributed by atoms with E-state index in [9.17, 15) is 0 Å². The Morgan fingerprint density at radius 1 is 1.70 bits per heavy atom. The Morgan fingerprint density at radius 2 is 2.40 bits per heavy atom. The molecule has 1 aromatic heterocycles. The predicted octanol–water partition coefficient (Wildman–Crippen LogP) is 0.0695. The van der Waals surface area contributed by atoms with Crippen molar-refractivity contribution in [3.63, 3.8) is 0 Å². The molecule has 0 spiro atoms. The van der Waals surface area contributed by atoms with Crippen LogP contribution in [0.1, 0.15) is 12.7 Å². The quantitative estimate of drug-likeness (QED) is 0.533. The van der Waals surface area contributed by atoms with Gasteiger partial charge in [-0.25, -0.2) is 4.57 Å². The molecule has 0 amide bonds. The Bertz CT molecular complexity index is 217. The van der Waals surface area contributed by atoms with Gasteiger partial charge in [0.25, 0.3) is 5.82 Å². The third kappa shape index (κ3) is 1.12. The summed E-state index contributed by atoms with van der Waals surface area (Å²) in [6, 6.07) is 0. The highest BCUT2D eigenvalue weighted by atomic mass is 16.7. The van der Waals surface area contributed by atoms with Gasteiger partial charge in [0, 0.05) is 6.92 Å². The molecule has 0 aliphatic carbocycles. The van der Waals surface area contributed by atoms with E-state index < -0.39 is 0 Å². The van der Waals surface area contributed by atoms with Gasteiger partial charge in [-0.15, -0.1) is 0 Å². The fourth-order valence-corrected chi connectivity index (χ4v) is 0.807. The van der Waals surface area contributed by atoms with Crippen molar-refractivity contribution >= 4 is 0 Å². The second kappa shape index (κ2) is 2.73. The highest BCUT2D eigenvalue weighted by molar-refractivity contribution is 4.74. The number of aryl methyl sites for hydroxylation is 1. The summed E-state index contributed by atoms with van der Waals surface area (Å²) in [6.45, 7) is 4.69. The van der Waals surface area contributed by atoms with Gasteiger partial charge in [-0.2, -0.15) is 0 Å². The SMILES string of the molecule is CCOn1cc[n+](C)c1C. The van der Waals surface area contributed by atoms with Crippen LogP contribution in [-0.4, -0.2) is 11.3 Å². The van der Waals surface area contributed by atoms with E-state index in [1.165, 1.54) is 0 Å². The lowest BCUT2D eigenvalue weighted by Crippen LogP contribution is -2.30. The first kappa shape index (κ1) is 7.12. The van der Waals surface area contributed by atoms with E-state index in [1.807, 2.05) is 37.9 Å². The summed E-state index contributed by atoms with van der Waals surface area (Å²) < 4.78 is 3.77. The highest BCUT2D eigenvalue weighted by Crippen LogP contribution is 1.87. The van der Waals surface area contributed by atoms with Crippen molar-refractivity contribution in [1.82, 2.24) is 4.73 Å². The molecule has 10 heavy (non-hydrogen) atoms. The summed E-state index contributed by atoms with van der Waals surface area (Å²) >= 11 is 0. The molecule has 56 valence electrons. The van der Waals surface area contributed by atoms with E-state index in [-0.39, 0.29) is 0 Å². The standard InChI is InChI=1S/C7H13N2O/c1-4-10-9-6-5-8(3)7(9)2/h5-6H,4H2,1-3H3/q+1. The van der Waals surface area contributed by atoms with Crippen LogP contribution >= 0.6 is 0 Å². The lowest BCUT2D eigenvalue weighted by Gasteiger charge is -1.95. The van der Waals surface area contributed by atoms with E-state index in [0.717, 1.165) is 5.82 Å². The molecule has 0 saturated heterocycles. The number of imidazole rings is 1. The molecule has 0 aliphatic rings. The molecule has 3 nitrogen and oxygen atoms in total. The second-order valence-corrected chi connectivity index (χ2v) is 2.20. The summed E-state index contributed by atoms with van der Waals surface area (Å²) in [4.78, 5) is 5.25. The third-order valence-electron chi connectivity index (χ3n) is 1.52. The lowest BCUT2D eigenvalue weighted by molar-refractivity contribution is -0.678. The Balaban J connectivity index is 2.83. The maximum atomic E-state index is 5.25. The molecule has 0 aliphatic heterocycles. The molecule has 0 N–H and O–H groups in total. The monoisotopic (exact) mass is 141 g/mol. The number of rotatable bonds is 2. The molecular weight excluding hydrogens is 128 g/mol. The van der Waals surface area contributed by atoms with Gasteiger partial charge in [-0.3, -0.25) is 0 Å². The van der Waals surface area contributed by atoms with Gasteiger partial charge >= 0.3 is 0 Å². The van der Waals surface area contributed by atoms with Gasteiger partial charge in [0.2, 0.25) is 0 Å². The zero-order valence-corrected chi connectivity index (χ0v) is 6.66. The van der Waals surface area contributed by atoms with Gasteiger partial charge in [-0.1, -0.05) is 4.73 Å². The Morgan fingerprint density at radius 3 is 2.80 bits per heavy atom. The van der Waals surface area contributed by atoms with Crippen LogP contribution in [0, 0.1) is 6.92 Å². The van der Waals surface area contributed by atoms with Crippen LogP contribution in [0.15, 0.2) is 12.4 Å². The number of hydrogen-bond donors (Lipinski definition) is 0. The van der Waals surface area contributed by atoms with Crippen LogP contribution < -0.4 is 9.40 Å². The first-order valence-corrected chi connectivity index (χ1v) is 3.42. The molecule has 1 heterocycles. The molecule has 0 fully saturated rings. The zero-order valence-electron chi connectivity index (χ0n) is 6.66. The first-order valence-electron chi connectivity index (χ1n) is 3.42. The third-order valence-corrected chi connectivity index (χ3v) is 1.52. The average Bonchev–Trinajstić information content (AvgIpc) is 2.20. The number of aromatic nitrogens is 2. The van der Waals surface area contributed by atoms with Crippen molar-refractivity contribution in [3.8, 4) is 0 Å². The van der Waals surface area contributed by atoms with Crippen molar-refractivity contribution in [2.45, 2.75) is 13.8 Å². The van der Waals surface area contributed by atoms with Crippen LogP contribution in [0.2, 0.25) is 0 Å². The lowest BCUT2D eigenvalue weighted by atomic mass is 10.7. The smallest absolute Gasteiger partial charge is 0.293 e. The molecule has 1 rings (SSSR count). The summed E-state index contributed by atoms with van der Waals surface area (Å²) in [5.41, 5.74) is 0. The minimum Gasteiger partial charge on any atom is -0.336 e. The van der Waals surface area contributed by atoms with Crippen LogP contribution in [-0.2, 0) is 7.05 Å². The summed E-state index contributed by atoms with van der Waals surface area (Å²) in [5, 5.41) is 0. The average molecular weight is 141 g/mol. The molecular formula is C7H13N2O+. The predicted molar refractivity (Wildman–Crippen MR) is 37.5 cm³/mol. The summed E-state index contributed by atoms with van der Waals surface area (Å²) in [7, 11) is 1.99. The topological polar surface area (TPSA) is 18.0 Å². The Hall–Kier alpha value is -0.990. The Kier molecular flexibility index (Phi) is 1.94. The van der Waals surface area contributed by atoms with Gasteiger partial charge in [0.05, 0.1) is 7.05 Å². The van der Waals surface area contributed by atoms with E-state index >= 15 is 0 Å². The molecule has 0 saturated carbocycles. The van der Waals surface area contributed by atoms with Crippen LogP contribution in [0.25, 0.3) is 0 Å². The highest BCUT2D eigenvalue weighted by Gasteiger charge is 2.07. The van der Waals surface area contributed by atoms with Crippen molar-refractivity contribution in [2.75, 3.05) is 6.61 Å². The largest absolute Gasteiger partial charge is 0.336 e. The second-order valence-electron chi connectivity index (χ2n) is 2.20. The number of hydrogen-bond acceptors (Lipinski definition) is 1. The van der Waals surface area contributed by atoms with Crippen LogP contribution in [0.5, 0.6) is 0 Å². The summed E-state index contributed by atoms with van der Waals surface area (Å²) in [5.74, 6) is 1.10. The normalized spacial score (nSPS) is 9.90. The first-order chi connectivity index (χ1) is 4.75. The van der Waals surface area contributed by atoms with Crippen LogP contribution in [0.4, 0.5) is 0 Å². The van der Waals surface area contributed by atoms with E-state index in [0.29, 0.717) is 6.61 Å². The van der Waals surface area contributed by atoms with E-state index in [4.69, 9.17) is 4.84 Å². The maximum absolute atomic E-state index is 5.25. The minimum absolute atomic E-state index is 0.704. The number of nitrogens with zero attached hydrogens (tertiary/aromatic N) is 2. The van der Waals surface area contributed by atoms with Crippen molar-refractivity contribution < 1.29 is 9.40 Å². The maximum Gasteiger partial charge on any atom is 0.293 e. The van der Waals surface area contributed by atoms with Crippen molar-refractivity contribution in [1.29, 1.82) is 0 Å². The fourth-order valence-electron chi connectivity index (χ4n) is 0.807. The minimum atomic E-state index is 0.704. The van der Waals surface area contributed by atoms with E-state index in [2.05, 4.69) is 0 Å². The van der Waals surface area contributed by atoms with Gasteiger partial charge in [0.15, 0.2) is 6.20 Å². The van der Waals surface area contributed by atoms with Gasteiger partial charge in [-0.05, 0) is 6.92 Å². The zero-order chi connectivity index (χ0) is 7.56. The molecule has 3 heteroatoms. The van der Waals surface area contributed by atoms with Crippen molar-refractivity contribution in [2.24, 2.45) is 7.05 Å². The van der Waals surface area contributed by atoms with Gasteiger partial charge in [0.1, 0.15) is 12.8 Å². The Labute approximate surface area is 60.8 Å². The molecule has 0 radical (unpaired) electrons. The van der Waals surface area contributed by atoms with Gasteiger partial charge < -0.3 is 4.84 Å². The molecule has 1 aromatic rings. The molecule has 0 atom stereocenters. The van der Waals surface area contributed by atoms with Crippen molar-refractivity contribution in [3.05, 3.63) is 18.2 Å². The van der Waals surface area contributed by atoms with Crippen LogP contribution in [0.3, 0.4) is 0 Å².